The number of anilines is 2. The lowest BCUT2D eigenvalue weighted by molar-refractivity contribution is -0.333. The Hall–Kier alpha value is -1.92. The summed E-state index contributed by atoms with van der Waals surface area (Å²) < 4.78 is 62.8. The zero-order valence-electron chi connectivity index (χ0n) is 26.0. The Morgan fingerprint density at radius 1 is 0.976 bits per heavy atom. The number of nitrogen functional groups attached to an aromatic ring is 2. The van der Waals surface area contributed by atoms with E-state index >= 15 is 0 Å². The van der Waals surface area contributed by atoms with Crippen LogP contribution in [0.25, 0.3) is 0 Å². The molecule has 1 aromatic rings. The number of hydrogen-bond donors (Lipinski definition) is 2. The summed E-state index contributed by atoms with van der Waals surface area (Å²) in [5.41, 5.74) is 11.2. The highest BCUT2D eigenvalue weighted by atomic mass is 19.3. The van der Waals surface area contributed by atoms with E-state index < -0.39 is 23.3 Å². The molecule has 4 aliphatic rings. The molecule has 0 aliphatic heterocycles. The maximum absolute atomic E-state index is 14.7. The lowest BCUT2D eigenvalue weighted by atomic mass is 9.44. The average Bonchev–Trinajstić information content (AvgIpc) is 3.28. The topological polar surface area (TPSA) is 61.3 Å². The maximum atomic E-state index is 14.7. The van der Waals surface area contributed by atoms with Crippen molar-refractivity contribution in [2.75, 3.05) is 11.5 Å². The molecule has 1 unspecified atom stereocenters. The third-order valence-corrected chi connectivity index (χ3v) is 12.8. The van der Waals surface area contributed by atoms with E-state index in [1.807, 2.05) is 0 Å². The standard InChI is InChI=1S/C35H52F4N2O/c1-22(21-42-35(38,39)34(36,37)30-14-12-25(40)20-31(30)41)8-7-9-23(2)27-15-16-28-26-13-11-24-10-5-6-18-32(24,3)29(26)17-19-33(27,28)4/h12,14,20-21,23-24,26-29H,5-11,13,15-19,40-41H2,1-4H3/t23-,24?,26+,27-,28+,29+,32+,33-/m1/s1. The van der Waals surface area contributed by atoms with Crippen molar-refractivity contribution in [3.8, 4) is 0 Å². The zero-order chi connectivity index (χ0) is 30.5. The van der Waals surface area contributed by atoms with Gasteiger partial charge in [0, 0.05) is 11.4 Å². The molecule has 4 saturated carbocycles. The van der Waals surface area contributed by atoms with E-state index in [1.165, 1.54) is 64.2 Å². The molecule has 1 aromatic carbocycles. The predicted octanol–water partition coefficient (Wildman–Crippen LogP) is 10.3. The van der Waals surface area contributed by atoms with Gasteiger partial charge in [0.2, 0.25) is 0 Å². The molecule has 236 valence electrons. The summed E-state index contributed by atoms with van der Waals surface area (Å²) >= 11 is 0. The van der Waals surface area contributed by atoms with Gasteiger partial charge in [-0.2, -0.15) is 17.6 Å². The molecule has 42 heavy (non-hydrogen) atoms. The predicted molar refractivity (Wildman–Crippen MR) is 162 cm³/mol. The smallest absolute Gasteiger partial charge is 0.436 e. The Kier molecular flexibility index (Phi) is 8.65. The molecule has 8 atom stereocenters. The lowest BCUT2D eigenvalue weighted by Crippen LogP contribution is -2.53. The second kappa shape index (κ2) is 11.5. The third kappa shape index (κ3) is 5.44. The Morgan fingerprint density at radius 3 is 2.45 bits per heavy atom. The van der Waals surface area contributed by atoms with Crippen molar-refractivity contribution < 1.29 is 22.3 Å². The van der Waals surface area contributed by atoms with E-state index in [-0.39, 0.29) is 5.69 Å². The van der Waals surface area contributed by atoms with Crippen LogP contribution < -0.4 is 11.5 Å². The number of hydrogen-bond acceptors (Lipinski definition) is 3. The number of ether oxygens (including phenoxy) is 1. The van der Waals surface area contributed by atoms with Crippen molar-refractivity contribution in [1.82, 2.24) is 0 Å². The number of allylic oxidation sites excluding steroid dienone is 1. The molecule has 5 rings (SSSR count). The molecule has 0 amide bonds. The van der Waals surface area contributed by atoms with Crippen LogP contribution in [0.1, 0.15) is 117 Å². The van der Waals surface area contributed by atoms with Gasteiger partial charge in [-0.1, -0.05) is 40.0 Å². The highest BCUT2D eigenvalue weighted by Gasteiger charge is 2.61. The van der Waals surface area contributed by atoms with Gasteiger partial charge in [0.15, 0.2) is 0 Å². The minimum atomic E-state index is -4.74. The summed E-state index contributed by atoms with van der Waals surface area (Å²) in [5, 5.41) is 0. The van der Waals surface area contributed by atoms with Crippen molar-refractivity contribution in [3.63, 3.8) is 0 Å². The van der Waals surface area contributed by atoms with Gasteiger partial charge in [-0.25, -0.2) is 0 Å². The highest BCUT2D eigenvalue weighted by Crippen LogP contribution is 2.68. The van der Waals surface area contributed by atoms with Crippen molar-refractivity contribution in [2.45, 2.75) is 123 Å². The van der Waals surface area contributed by atoms with Crippen LogP contribution in [0.15, 0.2) is 30.0 Å². The highest BCUT2D eigenvalue weighted by molar-refractivity contribution is 5.58. The summed E-state index contributed by atoms with van der Waals surface area (Å²) in [6, 6.07) is 2.99. The van der Waals surface area contributed by atoms with E-state index in [9.17, 15) is 17.6 Å². The molecule has 7 heteroatoms. The number of rotatable bonds is 9. The van der Waals surface area contributed by atoms with Crippen LogP contribution in [0.3, 0.4) is 0 Å². The largest absolute Gasteiger partial charge is 0.468 e. The molecule has 4 N–H and O–H groups in total. The summed E-state index contributed by atoms with van der Waals surface area (Å²) in [6.45, 7) is 9.24. The number of fused-ring (bicyclic) bond motifs is 5. The van der Waals surface area contributed by atoms with Gasteiger partial charge in [-0.3, -0.25) is 0 Å². The van der Waals surface area contributed by atoms with Crippen LogP contribution >= 0.6 is 0 Å². The second-order valence-corrected chi connectivity index (χ2v) is 15.0. The Morgan fingerprint density at radius 2 is 1.71 bits per heavy atom. The maximum Gasteiger partial charge on any atom is 0.468 e. The van der Waals surface area contributed by atoms with Crippen LogP contribution in [0.2, 0.25) is 0 Å². The first-order valence-electron chi connectivity index (χ1n) is 16.5. The van der Waals surface area contributed by atoms with E-state index in [2.05, 4.69) is 25.5 Å². The third-order valence-electron chi connectivity index (χ3n) is 12.8. The van der Waals surface area contributed by atoms with Crippen molar-refractivity contribution in [3.05, 3.63) is 35.6 Å². The fourth-order valence-electron chi connectivity index (χ4n) is 10.5. The van der Waals surface area contributed by atoms with Gasteiger partial charge in [0.1, 0.15) is 0 Å². The fourth-order valence-corrected chi connectivity index (χ4v) is 10.5. The minimum absolute atomic E-state index is 0.122. The minimum Gasteiger partial charge on any atom is -0.436 e. The van der Waals surface area contributed by atoms with E-state index in [0.29, 0.717) is 34.7 Å². The van der Waals surface area contributed by atoms with Gasteiger partial charge < -0.3 is 16.2 Å². The van der Waals surface area contributed by atoms with E-state index in [0.717, 1.165) is 61.0 Å². The zero-order valence-corrected chi connectivity index (χ0v) is 26.0. The SMILES string of the molecule is CC(=COC(F)(F)C(F)(F)c1ccc(N)cc1N)CCC[C@@H](C)[C@H]1CC[C@H]2[C@@H]3CCC4CCCC[C@]4(C)[C@H]3CC[C@]12C. The second-order valence-electron chi connectivity index (χ2n) is 15.0. The quantitative estimate of drug-likeness (QED) is 0.170. The number of halogens is 4. The molecule has 4 aliphatic carbocycles. The number of benzene rings is 1. The first kappa shape index (κ1) is 31.5. The van der Waals surface area contributed by atoms with Crippen molar-refractivity contribution >= 4 is 11.4 Å². The molecule has 0 bridgehead atoms. The van der Waals surface area contributed by atoms with Crippen molar-refractivity contribution in [1.29, 1.82) is 0 Å². The Labute approximate surface area is 250 Å². The van der Waals surface area contributed by atoms with Crippen LogP contribution in [0, 0.1) is 46.3 Å². The Bertz CT molecular complexity index is 1150. The van der Waals surface area contributed by atoms with E-state index in [1.54, 1.807) is 6.92 Å². The average molecular weight is 593 g/mol. The number of alkyl halides is 4. The first-order chi connectivity index (χ1) is 19.7. The number of nitrogens with two attached hydrogens (primary N) is 2. The van der Waals surface area contributed by atoms with Gasteiger partial charge in [-0.15, -0.1) is 0 Å². The molecule has 0 spiro atoms. The van der Waals surface area contributed by atoms with Crippen LogP contribution in [0.5, 0.6) is 0 Å². The van der Waals surface area contributed by atoms with Crippen LogP contribution in [0.4, 0.5) is 28.9 Å². The molecular weight excluding hydrogens is 540 g/mol. The molecule has 0 radical (unpaired) electrons. The van der Waals surface area contributed by atoms with Crippen LogP contribution in [-0.4, -0.2) is 6.11 Å². The fraction of sp³-hybridized carbons (Fsp3) is 0.771. The summed E-state index contributed by atoms with van der Waals surface area (Å²) in [4.78, 5) is 0. The molecule has 4 fully saturated rings. The molecule has 3 nitrogen and oxygen atoms in total. The monoisotopic (exact) mass is 592 g/mol. The molecular formula is C35H52F4N2O. The van der Waals surface area contributed by atoms with Crippen molar-refractivity contribution in [2.24, 2.45) is 46.3 Å². The summed E-state index contributed by atoms with van der Waals surface area (Å²) in [7, 11) is 0. The van der Waals surface area contributed by atoms with Gasteiger partial charge in [0.05, 0.1) is 11.8 Å². The van der Waals surface area contributed by atoms with E-state index in [4.69, 9.17) is 11.5 Å². The van der Waals surface area contributed by atoms with Gasteiger partial charge in [0.25, 0.3) is 0 Å². The summed E-state index contributed by atoms with van der Waals surface area (Å²) in [5.74, 6) is 0.189. The van der Waals surface area contributed by atoms with Gasteiger partial charge in [-0.05, 0) is 141 Å². The molecule has 0 saturated heterocycles. The summed E-state index contributed by atoms with van der Waals surface area (Å²) in [6.07, 6.45) is 12.3. The van der Waals surface area contributed by atoms with Crippen LogP contribution in [-0.2, 0) is 10.7 Å². The normalized spacial score (nSPS) is 36.1. The van der Waals surface area contributed by atoms with Gasteiger partial charge >= 0.3 is 12.0 Å². The first-order valence-corrected chi connectivity index (χ1v) is 16.5. The molecule has 0 aromatic heterocycles. The molecule has 0 heterocycles. The lowest BCUT2D eigenvalue weighted by Gasteiger charge is -2.61. The Balaban J connectivity index is 1.15.